The summed E-state index contributed by atoms with van der Waals surface area (Å²) >= 11 is 0. The molecule has 0 saturated heterocycles. The molecule has 0 spiro atoms. The Hall–Kier alpha value is -0.920. The van der Waals surface area contributed by atoms with E-state index < -0.39 is 20.0 Å². The van der Waals surface area contributed by atoms with Crippen LogP contribution in [0.1, 0.15) is 25.3 Å². The van der Waals surface area contributed by atoms with Gasteiger partial charge < -0.3 is 0 Å². The van der Waals surface area contributed by atoms with Crippen LogP contribution in [-0.2, 0) is 20.0 Å². The van der Waals surface area contributed by atoms with Gasteiger partial charge in [0, 0.05) is 6.26 Å². The first-order valence-corrected chi connectivity index (χ1v) is 8.18. The summed E-state index contributed by atoms with van der Waals surface area (Å²) in [5.74, 6) is -0.214. The van der Waals surface area contributed by atoms with Gasteiger partial charge in [-0.15, -0.1) is 0 Å². The van der Waals surface area contributed by atoms with E-state index in [1.165, 1.54) is 12.1 Å². The average molecular weight is 278 g/mol. The lowest BCUT2D eigenvalue weighted by atomic mass is 10.0. The molecule has 0 unspecified atom stereocenters. The quantitative estimate of drug-likeness (QED) is 0.846. The summed E-state index contributed by atoms with van der Waals surface area (Å²) in [7, 11) is -7.73. The van der Waals surface area contributed by atoms with Crippen molar-refractivity contribution in [2.45, 2.75) is 29.6 Å². The van der Waals surface area contributed by atoms with Crippen LogP contribution in [0.5, 0.6) is 0 Å². The fraction of sp³-hybridized carbons (Fsp3) is 0.400. The Bertz CT molecular complexity index is 627. The highest BCUT2D eigenvalue weighted by atomic mass is 32.2. The zero-order chi connectivity index (χ0) is 13.4. The van der Waals surface area contributed by atoms with Crippen LogP contribution in [0.3, 0.4) is 0 Å². The van der Waals surface area contributed by atoms with E-state index in [0.29, 0.717) is 0 Å². The van der Waals surface area contributed by atoms with Crippen molar-refractivity contribution in [1.29, 1.82) is 0 Å². The van der Waals surface area contributed by atoms with E-state index in [1.807, 2.05) is 0 Å². The molecule has 1 N–H and O–H groups in total. The Morgan fingerprint density at radius 2 is 1.65 bits per heavy atom. The molecule has 0 aromatic heterocycles. The van der Waals surface area contributed by atoms with Gasteiger partial charge in [0.2, 0.25) is 0 Å². The van der Waals surface area contributed by atoms with Crippen molar-refractivity contribution in [3.63, 3.8) is 0 Å². The minimum atomic E-state index is -4.34. The minimum absolute atomic E-state index is 0.0357. The van der Waals surface area contributed by atoms with Crippen LogP contribution in [0, 0.1) is 0 Å². The Morgan fingerprint density at radius 1 is 1.12 bits per heavy atom. The van der Waals surface area contributed by atoms with Gasteiger partial charge in [-0.25, -0.2) is 8.42 Å². The lowest BCUT2D eigenvalue weighted by Gasteiger charge is -2.11. The molecule has 0 atom stereocenters. The van der Waals surface area contributed by atoms with Crippen molar-refractivity contribution >= 4 is 20.0 Å². The average Bonchev–Trinajstić information content (AvgIpc) is 2.14. The van der Waals surface area contributed by atoms with Crippen molar-refractivity contribution in [3.8, 4) is 0 Å². The van der Waals surface area contributed by atoms with Crippen LogP contribution in [0.4, 0.5) is 0 Å². The Kier molecular flexibility index (Phi) is 3.66. The third-order valence-electron chi connectivity index (χ3n) is 2.31. The fourth-order valence-electron chi connectivity index (χ4n) is 1.44. The highest BCUT2D eigenvalue weighted by Crippen LogP contribution is 2.26. The number of rotatable bonds is 3. The topological polar surface area (TPSA) is 88.5 Å². The Labute approximate surface area is 101 Å². The third-order valence-corrected chi connectivity index (χ3v) is 4.35. The van der Waals surface area contributed by atoms with E-state index in [-0.39, 0.29) is 21.3 Å². The second-order valence-corrected chi connectivity index (χ2v) is 7.51. The standard InChI is InChI=1S/C10H14O5S2/c1-7(2)9-6-8(16(3,11)12)4-5-10(9)17(13,14)15/h4-7H,1-3H3,(H,13,14,15). The molecule has 0 amide bonds. The summed E-state index contributed by atoms with van der Waals surface area (Å²) in [6, 6.07) is 3.56. The zero-order valence-electron chi connectivity index (χ0n) is 9.71. The number of hydrogen-bond acceptors (Lipinski definition) is 4. The first-order valence-electron chi connectivity index (χ1n) is 4.85. The largest absolute Gasteiger partial charge is 0.294 e. The van der Waals surface area contributed by atoms with E-state index in [1.54, 1.807) is 13.8 Å². The van der Waals surface area contributed by atoms with Gasteiger partial charge in [-0.3, -0.25) is 4.55 Å². The van der Waals surface area contributed by atoms with Crippen LogP contribution in [0.25, 0.3) is 0 Å². The van der Waals surface area contributed by atoms with E-state index in [0.717, 1.165) is 12.3 Å². The van der Waals surface area contributed by atoms with Crippen LogP contribution in [0.2, 0.25) is 0 Å². The molecule has 0 aliphatic carbocycles. The van der Waals surface area contributed by atoms with Crippen molar-refractivity contribution in [1.82, 2.24) is 0 Å². The van der Waals surface area contributed by atoms with Crippen LogP contribution < -0.4 is 0 Å². The lowest BCUT2D eigenvalue weighted by Crippen LogP contribution is -2.07. The van der Waals surface area contributed by atoms with E-state index in [4.69, 9.17) is 4.55 Å². The second-order valence-electron chi connectivity index (χ2n) is 4.10. The highest BCUT2D eigenvalue weighted by Gasteiger charge is 2.20. The minimum Gasteiger partial charge on any atom is -0.282 e. The van der Waals surface area contributed by atoms with Gasteiger partial charge in [-0.2, -0.15) is 8.42 Å². The van der Waals surface area contributed by atoms with Gasteiger partial charge in [0.15, 0.2) is 9.84 Å². The molecule has 0 radical (unpaired) electrons. The molecule has 0 bridgehead atoms. The van der Waals surface area contributed by atoms with Gasteiger partial charge in [-0.1, -0.05) is 13.8 Å². The molecular weight excluding hydrogens is 264 g/mol. The maximum absolute atomic E-state index is 11.4. The second kappa shape index (κ2) is 4.40. The Morgan fingerprint density at radius 3 is 2.00 bits per heavy atom. The lowest BCUT2D eigenvalue weighted by molar-refractivity contribution is 0.481. The van der Waals surface area contributed by atoms with Crippen LogP contribution in [0.15, 0.2) is 28.0 Å². The molecule has 7 heteroatoms. The number of benzene rings is 1. The van der Waals surface area contributed by atoms with E-state index in [2.05, 4.69) is 0 Å². The highest BCUT2D eigenvalue weighted by molar-refractivity contribution is 7.90. The number of hydrogen-bond donors (Lipinski definition) is 1. The van der Waals surface area contributed by atoms with Crippen LogP contribution >= 0.6 is 0 Å². The molecule has 0 aliphatic heterocycles. The molecule has 5 nitrogen and oxygen atoms in total. The first-order chi connectivity index (χ1) is 7.53. The van der Waals surface area contributed by atoms with E-state index >= 15 is 0 Å². The monoisotopic (exact) mass is 278 g/mol. The summed E-state index contributed by atoms with van der Waals surface area (Å²) in [6.45, 7) is 3.44. The van der Waals surface area contributed by atoms with Gasteiger partial charge in [0.05, 0.1) is 9.79 Å². The predicted molar refractivity (Wildman–Crippen MR) is 63.5 cm³/mol. The maximum Gasteiger partial charge on any atom is 0.294 e. The van der Waals surface area contributed by atoms with Gasteiger partial charge in [-0.05, 0) is 29.7 Å². The molecule has 0 saturated carbocycles. The smallest absolute Gasteiger partial charge is 0.282 e. The Balaban J connectivity index is 3.60. The molecule has 0 fully saturated rings. The van der Waals surface area contributed by atoms with Gasteiger partial charge in [0.1, 0.15) is 0 Å². The van der Waals surface area contributed by atoms with Crippen molar-refractivity contribution in [2.24, 2.45) is 0 Å². The number of sulfone groups is 1. The fourth-order valence-corrected chi connectivity index (χ4v) is 2.93. The molecule has 17 heavy (non-hydrogen) atoms. The summed E-state index contributed by atoms with van der Waals surface area (Å²) in [6.07, 6.45) is 1.04. The molecular formula is C10H14O5S2. The molecule has 1 aromatic rings. The van der Waals surface area contributed by atoms with Crippen molar-refractivity contribution in [2.75, 3.05) is 6.26 Å². The molecule has 1 aromatic carbocycles. The summed E-state index contributed by atoms with van der Waals surface area (Å²) in [5.41, 5.74) is 0.287. The van der Waals surface area contributed by atoms with E-state index in [9.17, 15) is 16.8 Å². The van der Waals surface area contributed by atoms with Crippen molar-refractivity contribution in [3.05, 3.63) is 23.8 Å². The summed E-state index contributed by atoms with van der Waals surface area (Å²) < 4.78 is 54.0. The first kappa shape index (κ1) is 14.1. The predicted octanol–water partition coefficient (Wildman–Crippen LogP) is 1.46. The van der Waals surface area contributed by atoms with Gasteiger partial charge in [0.25, 0.3) is 10.1 Å². The third kappa shape index (κ3) is 3.27. The molecule has 1 rings (SSSR count). The SMILES string of the molecule is CC(C)c1cc(S(C)(=O)=O)ccc1S(=O)(=O)O. The summed E-state index contributed by atoms with van der Waals surface area (Å²) in [5, 5.41) is 0. The molecule has 96 valence electrons. The van der Waals surface area contributed by atoms with Gasteiger partial charge >= 0.3 is 0 Å². The maximum atomic E-state index is 11.4. The summed E-state index contributed by atoms with van der Waals surface area (Å²) in [4.78, 5) is -0.214. The molecule has 0 heterocycles. The molecule has 0 aliphatic rings. The normalized spacial score (nSPS) is 13.0. The van der Waals surface area contributed by atoms with Crippen LogP contribution in [-0.4, -0.2) is 27.6 Å². The van der Waals surface area contributed by atoms with Crippen molar-refractivity contribution < 1.29 is 21.4 Å². The zero-order valence-corrected chi connectivity index (χ0v) is 11.3.